The number of carboxylic acids is 1. The Morgan fingerprint density at radius 1 is 1.59 bits per heavy atom. The van der Waals surface area contributed by atoms with Crippen molar-refractivity contribution in [2.24, 2.45) is 0 Å². The predicted octanol–water partition coefficient (Wildman–Crippen LogP) is 1.32. The Balaban J connectivity index is 2.18. The van der Waals surface area contributed by atoms with Crippen molar-refractivity contribution in [2.75, 3.05) is 24.6 Å². The minimum Gasteiger partial charge on any atom is -0.488 e. The summed E-state index contributed by atoms with van der Waals surface area (Å²) in [7, 11) is 0. The number of hydrogen-bond donors (Lipinski definition) is 1. The standard InChI is InChI=1S/C12H16N2O3/c1-2-14-7-8-17-10-5-3-9(13-12(10)14)4-6-11(15)16/h3,5H,2,4,6-8H2,1H3,(H,15,16). The summed E-state index contributed by atoms with van der Waals surface area (Å²) in [5, 5.41) is 8.65. The number of nitrogens with zero attached hydrogens (tertiary/aromatic N) is 2. The van der Waals surface area contributed by atoms with Crippen LogP contribution in [0.5, 0.6) is 5.75 Å². The zero-order valence-corrected chi connectivity index (χ0v) is 9.85. The first-order valence-electron chi connectivity index (χ1n) is 5.80. The number of aromatic nitrogens is 1. The number of hydrogen-bond acceptors (Lipinski definition) is 4. The molecule has 0 radical (unpaired) electrons. The van der Waals surface area contributed by atoms with E-state index >= 15 is 0 Å². The van der Waals surface area contributed by atoms with Crippen LogP contribution in [0, 0.1) is 0 Å². The number of ether oxygens (including phenoxy) is 1. The fourth-order valence-corrected chi connectivity index (χ4v) is 1.87. The molecule has 1 aromatic heterocycles. The summed E-state index contributed by atoms with van der Waals surface area (Å²) in [6.45, 7) is 4.46. The van der Waals surface area contributed by atoms with Gasteiger partial charge in [-0.1, -0.05) is 0 Å². The lowest BCUT2D eigenvalue weighted by Gasteiger charge is -2.29. The number of carbonyl (C=O) groups is 1. The van der Waals surface area contributed by atoms with Crippen molar-refractivity contribution < 1.29 is 14.6 Å². The number of aryl methyl sites for hydroxylation is 1. The molecule has 0 aromatic carbocycles. The van der Waals surface area contributed by atoms with Crippen LogP contribution in [0.4, 0.5) is 5.82 Å². The molecule has 1 aliphatic rings. The topological polar surface area (TPSA) is 62.7 Å². The number of carboxylic acid groups (broad SMARTS) is 1. The first-order chi connectivity index (χ1) is 8.20. The molecule has 0 saturated carbocycles. The van der Waals surface area contributed by atoms with Crippen molar-refractivity contribution in [1.29, 1.82) is 0 Å². The van der Waals surface area contributed by atoms with Crippen LogP contribution in [0.15, 0.2) is 12.1 Å². The Labute approximate surface area is 100 Å². The van der Waals surface area contributed by atoms with E-state index in [1.807, 2.05) is 12.1 Å². The van der Waals surface area contributed by atoms with Gasteiger partial charge in [-0.2, -0.15) is 0 Å². The Bertz CT molecular complexity index is 420. The van der Waals surface area contributed by atoms with Gasteiger partial charge in [0.1, 0.15) is 6.61 Å². The van der Waals surface area contributed by atoms with Crippen LogP contribution in [-0.4, -0.2) is 35.8 Å². The minimum absolute atomic E-state index is 0.110. The minimum atomic E-state index is -0.798. The fourth-order valence-electron chi connectivity index (χ4n) is 1.87. The maximum atomic E-state index is 10.5. The normalized spacial score (nSPS) is 14.1. The molecule has 0 bridgehead atoms. The summed E-state index contributed by atoms with van der Waals surface area (Å²) < 4.78 is 5.52. The first kappa shape index (κ1) is 11.7. The lowest BCUT2D eigenvalue weighted by Crippen LogP contribution is -2.33. The third-order valence-electron chi connectivity index (χ3n) is 2.79. The number of aliphatic carboxylic acids is 1. The van der Waals surface area contributed by atoms with E-state index < -0.39 is 5.97 Å². The van der Waals surface area contributed by atoms with Crippen molar-refractivity contribution in [1.82, 2.24) is 4.98 Å². The van der Waals surface area contributed by atoms with Gasteiger partial charge in [0.15, 0.2) is 11.6 Å². The molecule has 92 valence electrons. The molecular formula is C12H16N2O3. The molecule has 0 fully saturated rings. The van der Waals surface area contributed by atoms with Crippen molar-refractivity contribution >= 4 is 11.8 Å². The van der Waals surface area contributed by atoms with Gasteiger partial charge in [0.25, 0.3) is 0 Å². The van der Waals surface area contributed by atoms with Gasteiger partial charge in [0, 0.05) is 18.7 Å². The Kier molecular flexibility index (Phi) is 3.46. The van der Waals surface area contributed by atoms with Gasteiger partial charge < -0.3 is 14.7 Å². The third kappa shape index (κ3) is 2.67. The molecular weight excluding hydrogens is 220 g/mol. The van der Waals surface area contributed by atoms with E-state index in [1.165, 1.54) is 0 Å². The summed E-state index contributed by atoms with van der Waals surface area (Å²) in [6, 6.07) is 3.71. The molecule has 17 heavy (non-hydrogen) atoms. The summed E-state index contributed by atoms with van der Waals surface area (Å²) >= 11 is 0. The zero-order chi connectivity index (χ0) is 12.3. The fraction of sp³-hybridized carbons (Fsp3) is 0.500. The van der Waals surface area contributed by atoms with E-state index in [2.05, 4.69) is 16.8 Å². The molecule has 0 unspecified atom stereocenters. The van der Waals surface area contributed by atoms with Crippen LogP contribution >= 0.6 is 0 Å². The van der Waals surface area contributed by atoms with Crippen LogP contribution < -0.4 is 9.64 Å². The molecule has 1 aliphatic heterocycles. The van der Waals surface area contributed by atoms with E-state index in [-0.39, 0.29) is 6.42 Å². The van der Waals surface area contributed by atoms with E-state index in [0.717, 1.165) is 30.4 Å². The predicted molar refractivity (Wildman–Crippen MR) is 63.6 cm³/mol. The van der Waals surface area contributed by atoms with Gasteiger partial charge in [-0.3, -0.25) is 4.79 Å². The highest BCUT2D eigenvalue weighted by Gasteiger charge is 2.18. The molecule has 2 heterocycles. The zero-order valence-electron chi connectivity index (χ0n) is 9.85. The van der Waals surface area contributed by atoms with Gasteiger partial charge >= 0.3 is 5.97 Å². The van der Waals surface area contributed by atoms with Gasteiger partial charge in [0.2, 0.25) is 0 Å². The monoisotopic (exact) mass is 236 g/mol. The summed E-state index contributed by atoms with van der Waals surface area (Å²) in [4.78, 5) is 17.1. The average Bonchev–Trinajstić information content (AvgIpc) is 2.35. The van der Waals surface area contributed by atoms with Crippen LogP contribution in [0.25, 0.3) is 0 Å². The average molecular weight is 236 g/mol. The largest absolute Gasteiger partial charge is 0.488 e. The van der Waals surface area contributed by atoms with Crippen LogP contribution in [-0.2, 0) is 11.2 Å². The van der Waals surface area contributed by atoms with Gasteiger partial charge in [-0.05, 0) is 19.1 Å². The molecule has 1 aromatic rings. The molecule has 0 aliphatic carbocycles. The molecule has 5 nitrogen and oxygen atoms in total. The highest BCUT2D eigenvalue weighted by atomic mass is 16.5. The van der Waals surface area contributed by atoms with Crippen LogP contribution in [0.3, 0.4) is 0 Å². The third-order valence-corrected chi connectivity index (χ3v) is 2.79. The van der Waals surface area contributed by atoms with E-state index in [1.54, 1.807) is 0 Å². The molecule has 1 N–H and O–H groups in total. The molecule has 0 atom stereocenters. The van der Waals surface area contributed by atoms with Crippen molar-refractivity contribution in [3.8, 4) is 5.75 Å². The Morgan fingerprint density at radius 3 is 3.12 bits per heavy atom. The van der Waals surface area contributed by atoms with Crippen molar-refractivity contribution in [3.05, 3.63) is 17.8 Å². The lowest BCUT2D eigenvalue weighted by atomic mass is 10.2. The molecule has 0 spiro atoms. The SMILES string of the molecule is CCN1CCOc2ccc(CCC(=O)O)nc21. The van der Waals surface area contributed by atoms with E-state index in [4.69, 9.17) is 9.84 Å². The summed E-state index contributed by atoms with van der Waals surface area (Å²) in [5.41, 5.74) is 0.801. The van der Waals surface area contributed by atoms with Crippen LogP contribution in [0.1, 0.15) is 19.0 Å². The number of pyridine rings is 1. The number of anilines is 1. The number of fused-ring (bicyclic) bond motifs is 1. The Morgan fingerprint density at radius 2 is 2.41 bits per heavy atom. The van der Waals surface area contributed by atoms with E-state index in [0.29, 0.717) is 13.0 Å². The summed E-state index contributed by atoms with van der Waals surface area (Å²) in [5.74, 6) is 0.826. The van der Waals surface area contributed by atoms with E-state index in [9.17, 15) is 4.79 Å². The molecule has 5 heteroatoms. The lowest BCUT2D eigenvalue weighted by molar-refractivity contribution is -0.136. The smallest absolute Gasteiger partial charge is 0.303 e. The second-order valence-corrected chi connectivity index (χ2v) is 3.95. The van der Waals surface area contributed by atoms with Gasteiger partial charge in [0.05, 0.1) is 13.0 Å². The van der Waals surface area contributed by atoms with Crippen molar-refractivity contribution in [2.45, 2.75) is 19.8 Å². The Hall–Kier alpha value is -1.78. The molecule has 0 saturated heterocycles. The van der Waals surface area contributed by atoms with Crippen molar-refractivity contribution in [3.63, 3.8) is 0 Å². The number of rotatable bonds is 4. The van der Waals surface area contributed by atoms with Crippen LogP contribution in [0.2, 0.25) is 0 Å². The quantitative estimate of drug-likeness (QED) is 0.854. The van der Waals surface area contributed by atoms with Gasteiger partial charge in [-0.15, -0.1) is 0 Å². The molecule has 0 amide bonds. The maximum absolute atomic E-state index is 10.5. The highest BCUT2D eigenvalue weighted by molar-refractivity contribution is 5.67. The van der Waals surface area contributed by atoms with Gasteiger partial charge in [-0.25, -0.2) is 4.98 Å². The first-order valence-corrected chi connectivity index (χ1v) is 5.80. The highest BCUT2D eigenvalue weighted by Crippen LogP contribution is 2.29. The maximum Gasteiger partial charge on any atom is 0.303 e. The second kappa shape index (κ2) is 5.03. The summed E-state index contributed by atoms with van der Waals surface area (Å²) in [6.07, 6.45) is 0.568. The second-order valence-electron chi connectivity index (χ2n) is 3.95. The number of likely N-dealkylation sites (N-methyl/N-ethyl adjacent to an activating group) is 1. The molecule has 2 rings (SSSR count).